The molecule has 70 valence electrons. The summed E-state index contributed by atoms with van der Waals surface area (Å²) in [6, 6.07) is 0. The van der Waals surface area contributed by atoms with Crippen LogP contribution in [0.4, 0.5) is 0 Å². The highest BCUT2D eigenvalue weighted by molar-refractivity contribution is 5.95. The van der Waals surface area contributed by atoms with E-state index in [1.807, 2.05) is 36.5 Å². The highest BCUT2D eigenvalue weighted by Crippen LogP contribution is 2.13. The number of carbonyl (C=O) groups excluding carboxylic acids is 1. The van der Waals surface area contributed by atoms with Gasteiger partial charge in [0.05, 0.1) is 5.92 Å². The molecule has 2 rings (SSSR count). The number of ketones is 1. The molecule has 0 radical (unpaired) electrons. The molecule has 0 fully saturated rings. The molecule has 0 heterocycles. The molecule has 0 amide bonds. The Kier molecular flexibility index (Phi) is 2.59. The van der Waals surface area contributed by atoms with Gasteiger partial charge in [-0.05, 0) is 18.1 Å². The average molecular weight is 184 g/mol. The zero-order valence-corrected chi connectivity index (χ0v) is 7.89. The molecule has 14 heavy (non-hydrogen) atoms. The van der Waals surface area contributed by atoms with Crippen molar-refractivity contribution in [1.82, 2.24) is 0 Å². The Morgan fingerprint density at radius 3 is 2.79 bits per heavy atom. The Morgan fingerprint density at radius 2 is 2.14 bits per heavy atom. The molecule has 1 nitrogen and oxygen atoms in total. The molecule has 0 atom stereocenters. The molecule has 0 N–H and O–H groups in total. The fraction of sp³-hybridized carbons (Fsp3) is 0.154. The first-order chi connectivity index (χ1) is 6.86. The second-order valence-corrected chi connectivity index (χ2v) is 3.37. The van der Waals surface area contributed by atoms with Gasteiger partial charge in [0.2, 0.25) is 0 Å². The van der Waals surface area contributed by atoms with Crippen LogP contribution in [0.2, 0.25) is 0 Å². The standard InChI is InChI=1S/C13H12O/c14-13(12-7-3-4-8-12)10-9-11-5-1-2-6-11/h1,3-10,12H,2H2/b10-9+. The van der Waals surface area contributed by atoms with Gasteiger partial charge in [-0.25, -0.2) is 0 Å². The van der Waals surface area contributed by atoms with Crippen molar-refractivity contribution >= 4 is 5.78 Å². The lowest BCUT2D eigenvalue weighted by atomic mass is 10.1. The van der Waals surface area contributed by atoms with Crippen molar-refractivity contribution in [2.24, 2.45) is 5.92 Å². The zero-order valence-electron chi connectivity index (χ0n) is 7.89. The van der Waals surface area contributed by atoms with Crippen molar-refractivity contribution in [2.75, 3.05) is 0 Å². The summed E-state index contributed by atoms with van der Waals surface area (Å²) in [7, 11) is 0. The van der Waals surface area contributed by atoms with Crippen LogP contribution in [0.25, 0.3) is 0 Å². The molecular formula is C13H12O. The third-order valence-electron chi connectivity index (χ3n) is 2.32. The minimum atomic E-state index is -0.0442. The van der Waals surface area contributed by atoms with Crippen LogP contribution >= 0.6 is 0 Å². The summed E-state index contributed by atoms with van der Waals surface area (Å²) in [5.74, 6) is 0.105. The second-order valence-electron chi connectivity index (χ2n) is 3.37. The van der Waals surface area contributed by atoms with Crippen LogP contribution in [0.5, 0.6) is 0 Å². The highest BCUT2D eigenvalue weighted by atomic mass is 16.1. The first-order valence-corrected chi connectivity index (χ1v) is 4.80. The molecule has 0 aromatic carbocycles. The average Bonchev–Trinajstić information content (AvgIpc) is 2.87. The second kappa shape index (κ2) is 4.05. The number of carbonyl (C=O) groups is 1. The molecule has 1 heteroatoms. The molecule has 0 aromatic rings. The molecule has 0 saturated heterocycles. The third-order valence-corrected chi connectivity index (χ3v) is 2.32. The van der Waals surface area contributed by atoms with E-state index in [1.54, 1.807) is 6.08 Å². The van der Waals surface area contributed by atoms with Gasteiger partial charge in [-0.15, -0.1) is 0 Å². The molecule has 0 aromatic heterocycles. The molecular weight excluding hydrogens is 172 g/mol. The largest absolute Gasteiger partial charge is 0.294 e. The third kappa shape index (κ3) is 1.99. The summed E-state index contributed by atoms with van der Waals surface area (Å²) in [5.41, 5.74) is 1.13. The lowest BCUT2D eigenvalue weighted by molar-refractivity contribution is -0.115. The van der Waals surface area contributed by atoms with Gasteiger partial charge in [-0.1, -0.05) is 48.6 Å². The molecule has 2 aliphatic rings. The summed E-state index contributed by atoms with van der Waals surface area (Å²) in [6.45, 7) is 0. The van der Waals surface area contributed by atoms with E-state index in [4.69, 9.17) is 0 Å². The van der Waals surface area contributed by atoms with Crippen LogP contribution < -0.4 is 0 Å². The summed E-state index contributed by atoms with van der Waals surface area (Å²) in [5, 5.41) is 0. The van der Waals surface area contributed by atoms with Gasteiger partial charge in [0.15, 0.2) is 5.78 Å². The van der Waals surface area contributed by atoms with E-state index in [1.165, 1.54) is 0 Å². The van der Waals surface area contributed by atoms with Crippen molar-refractivity contribution in [3.63, 3.8) is 0 Å². The highest BCUT2D eigenvalue weighted by Gasteiger charge is 2.10. The Balaban J connectivity index is 1.97. The Hall–Kier alpha value is -1.63. The van der Waals surface area contributed by atoms with Crippen molar-refractivity contribution < 1.29 is 4.79 Å². The maximum Gasteiger partial charge on any atom is 0.166 e. The quantitative estimate of drug-likeness (QED) is 0.616. The molecule has 0 saturated carbocycles. The van der Waals surface area contributed by atoms with E-state index in [2.05, 4.69) is 12.2 Å². The van der Waals surface area contributed by atoms with E-state index in [0.717, 1.165) is 12.0 Å². The zero-order chi connectivity index (χ0) is 9.80. The van der Waals surface area contributed by atoms with Crippen molar-refractivity contribution in [3.8, 4) is 0 Å². The van der Waals surface area contributed by atoms with Crippen molar-refractivity contribution in [1.29, 1.82) is 0 Å². The normalized spacial score (nSPS) is 19.9. The number of hydrogen-bond acceptors (Lipinski definition) is 1. The minimum absolute atomic E-state index is 0.0442. The molecule has 0 aliphatic heterocycles. The van der Waals surface area contributed by atoms with Crippen LogP contribution in [0, 0.1) is 5.92 Å². The van der Waals surface area contributed by atoms with Gasteiger partial charge in [0, 0.05) is 0 Å². The molecule has 0 unspecified atom stereocenters. The van der Waals surface area contributed by atoms with Crippen LogP contribution in [0.1, 0.15) is 6.42 Å². The SMILES string of the molecule is O=C(/C=C/C1=CCC=C1)C1C=CC=C1. The van der Waals surface area contributed by atoms with E-state index in [9.17, 15) is 4.79 Å². The summed E-state index contributed by atoms with van der Waals surface area (Å²) in [4.78, 5) is 11.6. The maximum absolute atomic E-state index is 11.6. The number of rotatable bonds is 3. The fourth-order valence-corrected chi connectivity index (χ4v) is 1.51. The van der Waals surface area contributed by atoms with Crippen molar-refractivity contribution in [3.05, 3.63) is 60.3 Å². The summed E-state index contributed by atoms with van der Waals surface area (Å²) in [6.07, 6.45) is 18.4. The summed E-state index contributed by atoms with van der Waals surface area (Å²) >= 11 is 0. The first kappa shape index (κ1) is 8.95. The Labute approximate surface area is 83.8 Å². The molecule has 2 aliphatic carbocycles. The van der Waals surface area contributed by atoms with Gasteiger partial charge in [0.1, 0.15) is 0 Å². The van der Waals surface area contributed by atoms with Gasteiger partial charge in [-0.3, -0.25) is 4.79 Å². The Bertz CT molecular complexity index is 366. The van der Waals surface area contributed by atoms with Gasteiger partial charge in [0.25, 0.3) is 0 Å². The molecule has 0 spiro atoms. The minimum Gasteiger partial charge on any atom is -0.294 e. The van der Waals surface area contributed by atoms with Crippen LogP contribution in [0.15, 0.2) is 60.3 Å². The van der Waals surface area contributed by atoms with Gasteiger partial charge >= 0.3 is 0 Å². The van der Waals surface area contributed by atoms with Crippen LogP contribution in [-0.4, -0.2) is 5.78 Å². The van der Waals surface area contributed by atoms with Gasteiger partial charge < -0.3 is 0 Å². The summed E-state index contributed by atoms with van der Waals surface area (Å²) < 4.78 is 0. The van der Waals surface area contributed by atoms with Crippen LogP contribution in [0.3, 0.4) is 0 Å². The van der Waals surface area contributed by atoms with Crippen LogP contribution in [-0.2, 0) is 4.79 Å². The smallest absolute Gasteiger partial charge is 0.166 e. The van der Waals surface area contributed by atoms with Crippen molar-refractivity contribution in [2.45, 2.75) is 6.42 Å². The van der Waals surface area contributed by atoms with E-state index >= 15 is 0 Å². The van der Waals surface area contributed by atoms with Gasteiger partial charge in [-0.2, -0.15) is 0 Å². The predicted octanol–water partition coefficient (Wildman–Crippen LogP) is 2.74. The van der Waals surface area contributed by atoms with E-state index < -0.39 is 0 Å². The monoisotopic (exact) mass is 184 g/mol. The number of allylic oxidation sites excluding steroid dienone is 10. The Morgan fingerprint density at radius 1 is 1.36 bits per heavy atom. The lowest BCUT2D eigenvalue weighted by Crippen LogP contribution is -2.03. The van der Waals surface area contributed by atoms with E-state index in [-0.39, 0.29) is 11.7 Å². The maximum atomic E-state index is 11.6. The predicted molar refractivity (Wildman–Crippen MR) is 57.8 cm³/mol. The molecule has 0 bridgehead atoms. The number of hydrogen-bond donors (Lipinski definition) is 0. The van der Waals surface area contributed by atoms with E-state index in [0.29, 0.717) is 0 Å². The lowest BCUT2D eigenvalue weighted by Gasteiger charge is -1.97. The first-order valence-electron chi connectivity index (χ1n) is 4.80. The fourth-order valence-electron chi connectivity index (χ4n) is 1.51. The topological polar surface area (TPSA) is 17.1 Å².